The van der Waals surface area contributed by atoms with Gasteiger partial charge in [-0.3, -0.25) is 4.99 Å². The van der Waals surface area contributed by atoms with Crippen LogP contribution in [0.2, 0.25) is 0 Å². The fraction of sp³-hybridized carbons (Fsp3) is 0.688. The molecule has 21 heavy (non-hydrogen) atoms. The molecule has 0 aromatic carbocycles. The average Bonchev–Trinajstić information content (AvgIpc) is 2.92. The van der Waals surface area contributed by atoms with Gasteiger partial charge in [-0.05, 0) is 45.3 Å². The molecule has 2 unspecified atom stereocenters. The van der Waals surface area contributed by atoms with E-state index in [0.29, 0.717) is 18.0 Å². The number of nitrogens with zero attached hydrogens (tertiary/aromatic N) is 2. The van der Waals surface area contributed by atoms with Crippen LogP contribution in [0.5, 0.6) is 0 Å². The first-order valence-corrected chi connectivity index (χ1v) is 8.58. The third kappa shape index (κ3) is 6.06. The van der Waals surface area contributed by atoms with E-state index in [1.54, 1.807) is 11.3 Å². The Bertz CT molecular complexity index is 412. The molecule has 2 N–H and O–H groups in total. The molecule has 0 saturated carbocycles. The fourth-order valence-corrected chi connectivity index (χ4v) is 2.78. The van der Waals surface area contributed by atoms with Crippen molar-refractivity contribution in [2.24, 2.45) is 10.9 Å². The van der Waals surface area contributed by atoms with Gasteiger partial charge in [0.15, 0.2) is 5.96 Å². The number of rotatable bonds is 7. The van der Waals surface area contributed by atoms with Gasteiger partial charge in [-0.25, -0.2) is 0 Å². The van der Waals surface area contributed by atoms with E-state index in [9.17, 15) is 0 Å². The minimum atomic E-state index is 0.329. The van der Waals surface area contributed by atoms with E-state index >= 15 is 0 Å². The second-order valence-electron chi connectivity index (χ2n) is 5.89. The van der Waals surface area contributed by atoms with Gasteiger partial charge >= 0.3 is 0 Å². The zero-order chi connectivity index (χ0) is 15.8. The maximum atomic E-state index is 4.77. The lowest BCUT2D eigenvalue weighted by Gasteiger charge is -2.24. The van der Waals surface area contributed by atoms with Gasteiger partial charge in [-0.2, -0.15) is 0 Å². The normalized spacial score (nSPS) is 15.3. The Labute approximate surface area is 133 Å². The smallest absolute Gasteiger partial charge is 0.191 e. The van der Waals surface area contributed by atoms with Gasteiger partial charge in [0.2, 0.25) is 0 Å². The van der Waals surface area contributed by atoms with Crippen molar-refractivity contribution in [3.63, 3.8) is 0 Å². The summed E-state index contributed by atoms with van der Waals surface area (Å²) in [6.45, 7) is 10.4. The van der Waals surface area contributed by atoms with E-state index in [2.05, 4.69) is 74.8 Å². The molecule has 1 aromatic rings. The molecule has 120 valence electrons. The Morgan fingerprint density at radius 3 is 2.52 bits per heavy atom. The van der Waals surface area contributed by atoms with Crippen LogP contribution in [0.15, 0.2) is 22.5 Å². The molecule has 2 atom stereocenters. The zero-order valence-corrected chi connectivity index (χ0v) is 15.0. The minimum absolute atomic E-state index is 0.329. The van der Waals surface area contributed by atoms with Gasteiger partial charge in [-0.15, -0.1) is 11.3 Å². The van der Waals surface area contributed by atoms with Gasteiger partial charge in [-0.1, -0.05) is 19.9 Å². The summed E-state index contributed by atoms with van der Waals surface area (Å²) in [6, 6.07) is 5.02. The Balaban J connectivity index is 2.74. The molecule has 4 nitrogen and oxygen atoms in total. The molecule has 5 heteroatoms. The molecule has 1 heterocycles. The Kier molecular flexibility index (Phi) is 7.75. The molecular weight excluding hydrogens is 280 g/mol. The molecule has 0 amide bonds. The Hall–Kier alpha value is -1.07. The first-order chi connectivity index (χ1) is 9.95. The van der Waals surface area contributed by atoms with Crippen molar-refractivity contribution in [2.45, 2.75) is 39.8 Å². The lowest BCUT2D eigenvalue weighted by molar-refractivity contribution is 0.310. The molecule has 1 aromatic heterocycles. The predicted molar refractivity (Wildman–Crippen MR) is 94.2 cm³/mol. The number of hydrogen-bond acceptors (Lipinski definition) is 3. The van der Waals surface area contributed by atoms with Crippen LogP contribution in [0.3, 0.4) is 0 Å². The van der Waals surface area contributed by atoms with E-state index in [1.807, 2.05) is 0 Å². The SMILES string of the molecule is CCNC(=NCC(c1cccs1)N(C)C)NC(C)C(C)C. The third-order valence-corrected chi connectivity index (χ3v) is 4.60. The lowest BCUT2D eigenvalue weighted by Crippen LogP contribution is -2.44. The van der Waals surface area contributed by atoms with Gasteiger partial charge in [0.05, 0.1) is 12.6 Å². The predicted octanol–water partition coefficient (Wildman–Crippen LogP) is 2.95. The topological polar surface area (TPSA) is 39.7 Å². The molecule has 0 bridgehead atoms. The highest BCUT2D eigenvalue weighted by Crippen LogP contribution is 2.23. The quantitative estimate of drug-likeness (QED) is 0.601. The Morgan fingerprint density at radius 1 is 1.33 bits per heavy atom. The molecule has 0 aliphatic rings. The van der Waals surface area contributed by atoms with Crippen molar-refractivity contribution in [1.82, 2.24) is 15.5 Å². The summed E-state index contributed by atoms with van der Waals surface area (Å²) in [5, 5.41) is 8.94. The summed E-state index contributed by atoms with van der Waals surface area (Å²) in [5.74, 6) is 1.48. The van der Waals surface area contributed by atoms with Crippen LogP contribution in [-0.2, 0) is 0 Å². The van der Waals surface area contributed by atoms with Crippen LogP contribution in [0.25, 0.3) is 0 Å². The van der Waals surface area contributed by atoms with E-state index in [-0.39, 0.29) is 0 Å². The first-order valence-electron chi connectivity index (χ1n) is 7.70. The minimum Gasteiger partial charge on any atom is -0.357 e. The molecule has 0 aliphatic heterocycles. The van der Waals surface area contributed by atoms with Crippen molar-refractivity contribution in [1.29, 1.82) is 0 Å². The van der Waals surface area contributed by atoms with Crippen LogP contribution in [-0.4, -0.2) is 44.1 Å². The standard InChI is InChI=1S/C16H30N4S/c1-7-17-16(19-13(4)12(2)3)18-11-14(20(5)6)15-9-8-10-21-15/h8-10,12-14H,7,11H2,1-6H3,(H2,17,18,19). The molecule has 0 spiro atoms. The summed E-state index contributed by atoms with van der Waals surface area (Å²) < 4.78 is 0. The summed E-state index contributed by atoms with van der Waals surface area (Å²) in [5.41, 5.74) is 0. The summed E-state index contributed by atoms with van der Waals surface area (Å²) >= 11 is 1.79. The highest BCUT2D eigenvalue weighted by atomic mass is 32.1. The Morgan fingerprint density at radius 2 is 2.05 bits per heavy atom. The number of nitrogens with one attached hydrogen (secondary N) is 2. The monoisotopic (exact) mass is 310 g/mol. The van der Waals surface area contributed by atoms with Crippen molar-refractivity contribution in [3.8, 4) is 0 Å². The number of thiophene rings is 1. The van der Waals surface area contributed by atoms with Crippen LogP contribution < -0.4 is 10.6 Å². The number of guanidine groups is 1. The maximum Gasteiger partial charge on any atom is 0.191 e. The first kappa shape index (κ1) is 18.0. The van der Waals surface area contributed by atoms with Gasteiger partial charge in [0, 0.05) is 17.5 Å². The summed E-state index contributed by atoms with van der Waals surface area (Å²) in [4.78, 5) is 8.36. The number of hydrogen-bond donors (Lipinski definition) is 2. The highest BCUT2D eigenvalue weighted by Gasteiger charge is 2.15. The molecular formula is C16H30N4S. The molecule has 1 rings (SSSR count). The molecule has 0 aliphatic carbocycles. The van der Waals surface area contributed by atoms with Crippen LogP contribution in [0, 0.1) is 5.92 Å². The maximum absolute atomic E-state index is 4.77. The van der Waals surface area contributed by atoms with Gasteiger partial charge < -0.3 is 15.5 Å². The van der Waals surface area contributed by atoms with E-state index in [4.69, 9.17) is 4.99 Å². The molecule has 0 saturated heterocycles. The highest BCUT2D eigenvalue weighted by molar-refractivity contribution is 7.10. The van der Waals surface area contributed by atoms with Crippen molar-refractivity contribution >= 4 is 17.3 Å². The fourth-order valence-electron chi connectivity index (χ4n) is 1.87. The van der Waals surface area contributed by atoms with Crippen molar-refractivity contribution in [3.05, 3.63) is 22.4 Å². The lowest BCUT2D eigenvalue weighted by atomic mass is 10.1. The number of likely N-dealkylation sites (N-methyl/N-ethyl adjacent to an activating group) is 1. The zero-order valence-electron chi connectivity index (χ0n) is 14.2. The van der Waals surface area contributed by atoms with Crippen molar-refractivity contribution in [2.75, 3.05) is 27.2 Å². The molecule has 0 fully saturated rings. The second kappa shape index (κ2) is 9.05. The molecule has 0 radical (unpaired) electrons. The number of aliphatic imine (C=N–C) groups is 1. The average molecular weight is 311 g/mol. The van der Waals surface area contributed by atoms with Gasteiger partial charge in [0.25, 0.3) is 0 Å². The van der Waals surface area contributed by atoms with E-state index in [0.717, 1.165) is 19.0 Å². The van der Waals surface area contributed by atoms with Crippen LogP contribution in [0.1, 0.15) is 38.6 Å². The second-order valence-corrected chi connectivity index (χ2v) is 6.87. The largest absolute Gasteiger partial charge is 0.357 e. The van der Waals surface area contributed by atoms with Crippen LogP contribution in [0.4, 0.5) is 0 Å². The summed E-state index contributed by atoms with van der Waals surface area (Å²) in [7, 11) is 4.22. The van der Waals surface area contributed by atoms with E-state index in [1.165, 1.54) is 4.88 Å². The van der Waals surface area contributed by atoms with Crippen molar-refractivity contribution < 1.29 is 0 Å². The van der Waals surface area contributed by atoms with Crippen LogP contribution >= 0.6 is 11.3 Å². The third-order valence-electron chi connectivity index (χ3n) is 3.63. The summed E-state index contributed by atoms with van der Waals surface area (Å²) in [6.07, 6.45) is 0. The van der Waals surface area contributed by atoms with Gasteiger partial charge in [0.1, 0.15) is 0 Å². The van der Waals surface area contributed by atoms with E-state index < -0.39 is 0 Å².